The number of aromatic amines is 1. The van der Waals surface area contributed by atoms with Crippen molar-refractivity contribution < 1.29 is 4.52 Å². The van der Waals surface area contributed by atoms with Crippen LogP contribution in [0.2, 0.25) is 0 Å². The van der Waals surface area contributed by atoms with E-state index in [-0.39, 0.29) is 5.41 Å². The third-order valence-electron chi connectivity index (χ3n) is 4.18. The van der Waals surface area contributed by atoms with Crippen molar-refractivity contribution in [2.45, 2.75) is 27.2 Å². The standard InChI is InChI=1S/C16H19N3O/c1-9(17-4)13-15(18-5)10-6-7-12-14(19-20-12)11(10)8-16(13,2)3/h6-7,19H,5,8H2,1-4H3. The number of hydrogen-bond donors (Lipinski definition) is 1. The highest BCUT2D eigenvalue weighted by atomic mass is 16.5. The Morgan fingerprint density at radius 1 is 1.40 bits per heavy atom. The second-order valence-electron chi connectivity index (χ2n) is 5.92. The second-order valence-corrected chi connectivity index (χ2v) is 5.92. The highest BCUT2D eigenvalue weighted by Crippen LogP contribution is 2.45. The lowest BCUT2D eigenvalue weighted by Crippen LogP contribution is -2.28. The molecule has 1 aromatic heterocycles. The number of nitrogens with one attached hydrogen (secondary N) is 1. The van der Waals surface area contributed by atoms with E-state index in [2.05, 4.69) is 41.8 Å². The summed E-state index contributed by atoms with van der Waals surface area (Å²) in [5.41, 5.74) is 7.50. The van der Waals surface area contributed by atoms with Crippen molar-refractivity contribution in [2.24, 2.45) is 15.4 Å². The first kappa shape index (κ1) is 12.9. The Balaban J connectivity index is 2.36. The Hall–Kier alpha value is -2.10. The van der Waals surface area contributed by atoms with Gasteiger partial charge >= 0.3 is 0 Å². The molecule has 0 radical (unpaired) electrons. The predicted octanol–water partition coefficient (Wildman–Crippen LogP) is 3.85. The number of benzene rings is 1. The first-order chi connectivity index (χ1) is 9.49. The molecule has 2 aromatic rings. The molecule has 0 spiro atoms. The van der Waals surface area contributed by atoms with Crippen molar-refractivity contribution in [2.75, 3.05) is 7.05 Å². The molecule has 0 bridgehead atoms. The summed E-state index contributed by atoms with van der Waals surface area (Å²) in [4.78, 5) is 8.67. The Morgan fingerprint density at radius 3 is 2.70 bits per heavy atom. The van der Waals surface area contributed by atoms with Gasteiger partial charge in [0.25, 0.3) is 0 Å². The van der Waals surface area contributed by atoms with Crippen molar-refractivity contribution in [3.63, 3.8) is 0 Å². The first-order valence-electron chi connectivity index (χ1n) is 6.74. The minimum atomic E-state index is -0.0283. The maximum absolute atomic E-state index is 5.24. The van der Waals surface area contributed by atoms with Crippen LogP contribution in [0.15, 0.2) is 32.2 Å². The largest absolute Gasteiger partial charge is 0.380 e. The molecule has 0 saturated heterocycles. The quantitative estimate of drug-likeness (QED) is 0.827. The summed E-state index contributed by atoms with van der Waals surface area (Å²) in [6.45, 7) is 10.3. The number of allylic oxidation sites excluding steroid dienone is 1. The van der Waals surface area contributed by atoms with Gasteiger partial charge in [-0.2, -0.15) is 0 Å². The number of aliphatic imine (C=N–C) groups is 2. The lowest BCUT2D eigenvalue weighted by Gasteiger charge is -2.35. The van der Waals surface area contributed by atoms with Gasteiger partial charge in [-0.15, -0.1) is 0 Å². The molecule has 4 nitrogen and oxygen atoms in total. The molecule has 0 amide bonds. The molecule has 1 N–H and O–H groups in total. The van der Waals surface area contributed by atoms with Crippen molar-refractivity contribution in [3.05, 3.63) is 28.8 Å². The molecule has 3 rings (SSSR count). The van der Waals surface area contributed by atoms with Gasteiger partial charge in [-0.1, -0.05) is 13.8 Å². The fourth-order valence-corrected chi connectivity index (χ4v) is 3.21. The van der Waals surface area contributed by atoms with Crippen LogP contribution in [0.25, 0.3) is 16.8 Å². The summed E-state index contributed by atoms with van der Waals surface area (Å²) in [5.74, 6) is 0. The van der Waals surface area contributed by atoms with Crippen LogP contribution in [-0.4, -0.2) is 24.6 Å². The second kappa shape index (κ2) is 4.20. The molecule has 20 heavy (non-hydrogen) atoms. The predicted molar refractivity (Wildman–Crippen MR) is 83.6 cm³/mol. The molecule has 0 aliphatic heterocycles. The van der Waals surface area contributed by atoms with Crippen LogP contribution in [0, 0.1) is 5.41 Å². The summed E-state index contributed by atoms with van der Waals surface area (Å²) in [6, 6.07) is 4.04. The Labute approximate surface area is 118 Å². The van der Waals surface area contributed by atoms with Crippen molar-refractivity contribution in [1.82, 2.24) is 5.16 Å². The smallest absolute Gasteiger partial charge is 0.181 e. The SMILES string of the molecule is C=NC1=C(C(C)=NC)C(C)(C)Cc2c1ccc1o[nH]c21. The van der Waals surface area contributed by atoms with E-state index in [1.54, 1.807) is 0 Å². The number of H-pyrrole nitrogens is 1. The topological polar surface area (TPSA) is 53.6 Å². The number of aromatic nitrogens is 1. The highest BCUT2D eigenvalue weighted by molar-refractivity contribution is 6.08. The normalized spacial score (nSPS) is 18.5. The fraction of sp³-hybridized carbons (Fsp3) is 0.375. The minimum absolute atomic E-state index is 0.0283. The maximum atomic E-state index is 5.24. The average molecular weight is 269 g/mol. The summed E-state index contributed by atoms with van der Waals surface area (Å²) >= 11 is 0. The van der Waals surface area contributed by atoms with Crippen LogP contribution >= 0.6 is 0 Å². The van der Waals surface area contributed by atoms with Crippen LogP contribution in [0.3, 0.4) is 0 Å². The van der Waals surface area contributed by atoms with Crippen LogP contribution in [0.1, 0.15) is 31.9 Å². The van der Waals surface area contributed by atoms with E-state index in [9.17, 15) is 0 Å². The average Bonchev–Trinajstić information content (AvgIpc) is 2.36. The van der Waals surface area contributed by atoms with Crippen LogP contribution in [-0.2, 0) is 6.42 Å². The number of nitrogens with zero attached hydrogens (tertiary/aromatic N) is 2. The maximum Gasteiger partial charge on any atom is 0.181 e. The van der Waals surface area contributed by atoms with Gasteiger partial charge in [0.05, 0.1) is 5.70 Å². The molecule has 4 heteroatoms. The zero-order valence-corrected chi connectivity index (χ0v) is 12.4. The van der Waals surface area contributed by atoms with E-state index in [0.717, 1.165) is 34.5 Å². The molecule has 0 atom stereocenters. The van der Waals surface area contributed by atoms with E-state index in [0.29, 0.717) is 0 Å². The minimum Gasteiger partial charge on any atom is -0.380 e. The van der Waals surface area contributed by atoms with Crippen molar-refractivity contribution in [1.29, 1.82) is 0 Å². The Bertz CT molecular complexity index is 756. The van der Waals surface area contributed by atoms with E-state index in [1.165, 1.54) is 11.1 Å². The number of fused-ring (bicyclic) bond motifs is 3. The lowest BCUT2D eigenvalue weighted by molar-refractivity contribution is 0.414. The van der Waals surface area contributed by atoms with Gasteiger partial charge in [-0.05, 0) is 43.2 Å². The first-order valence-corrected chi connectivity index (χ1v) is 6.74. The molecule has 1 aromatic carbocycles. The summed E-state index contributed by atoms with van der Waals surface area (Å²) in [6.07, 6.45) is 0.934. The molecule has 1 aliphatic rings. The number of rotatable bonds is 2. The fourth-order valence-electron chi connectivity index (χ4n) is 3.21. The van der Waals surface area contributed by atoms with Crippen molar-refractivity contribution in [3.8, 4) is 0 Å². The number of hydrogen-bond acceptors (Lipinski definition) is 3. The molecule has 1 heterocycles. The Morgan fingerprint density at radius 2 is 2.15 bits per heavy atom. The van der Waals surface area contributed by atoms with Gasteiger partial charge < -0.3 is 4.52 Å². The zero-order chi connectivity index (χ0) is 14.5. The molecular formula is C16H19N3O. The van der Waals surface area contributed by atoms with Gasteiger partial charge in [0, 0.05) is 23.9 Å². The molecule has 0 fully saturated rings. The van der Waals surface area contributed by atoms with Crippen molar-refractivity contribution >= 4 is 29.2 Å². The van der Waals surface area contributed by atoms with E-state index < -0.39 is 0 Å². The van der Waals surface area contributed by atoms with Crippen LogP contribution in [0.5, 0.6) is 0 Å². The highest BCUT2D eigenvalue weighted by Gasteiger charge is 2.36. The summed E-state index contributed by atoms with van der Waals surface area (Å²) in [5, 5.41) is 2.94. The van der Waals surface area contributed by atoms with Gasteiger partial charge in [0.2, 0.25) is 0 Å². The summed E-state index contributed by atoms with van der Waals surface area (Å²) in [7, 11) is 1.82. The van der Waals surface area contributed by atoms with E-state index in [4.69, 9.17) is 4.52 Å². The van der Waals surface area contributed by atoms with Gasteiger partial charge in [-0.25, -0.2) is 5.16 Å². The summed E-state index contributed by atoms with van der Waals surface area (Å²) < 4.78 is 5.24. The van der Waals surface area contributed by atoms with Gasteiger partial charge in [-0.3, -0.25) is 9.98 Å². The zero-order valence-electron chi connectivity index (χ0n) is 12.4. The third kappa shape index (κ3) is 1.60. The third-order valence-corrected chi connectivity index (χ3v) is 4.18. The van der Waals surface area contributed by atoms with Gasteiger partial charge in [0.1, 0.15) is 5.52 Å². The molecular weight excluding hydrogens is 250 g/mol. The van der Waals surface area contributed by atoms with Gasteiger partial charge in [0.15, 0.2) is 5.58 Å². The van der Waals surface area contributed by atoms with Crippen LogP contribution in [0.4, 0.5) is 0 Å². The van der Waals surface area contributed by atoms with Crippen LogP contribution < -0.4 is 0 Å². The molecule has 1 aliphatic carbocycles. The lowest BCUT2D eigenvalue weighted by atomic mass is 9.70. The molecule has 104 valence electrons. The van der Waals surface area contributed by atoms with E-state index >= 15 is 0 Å². The Kier molecular flexibility index (Phi) is 2.71. The monoisotopic (exact) mass is 269 g/mol. The molecule has 0 saturated carbocycles. The van der Waals surface area contributed by atoms with E-state index in [1.807, 2.05) is 20.0 Å². The molecule has 0 unspecified atom stereocenters.